The number of carbonyl (C=O) groups is 2. The van der Waals surface area contributed by atoms with E-state index in [2.05, 4.69) is 10.9 Å². The van der Waals surface area contributed by atoms with E-state index in [-0.39, 0.29) is 18.9 Å². The van der Waals surface area contributed by atoms with E-state index in [9.17, 15) is 9.59 Å². The highest BCUT2D eigenvalue weighted by Crippen LogP contribution is 2.18. The van der Waals surface area contributed by atoms with Crippen LogP contribution in [0.1, 0.15) is 20.3 Å². The number of urea groups is 1. The van der Waals surface area contributed by atoms with Crippen LogP contribution in [0, 0.1) is 12.3 Å². The third-order valence-corrected chi connectivity index (χ3v) is 2.45. The summed E-state index contributed by atoms with van der Waals surface area (Å²) in [7, 11) is 0. The van der Waals surface area contributed by atoms with Crippen molar-refractivity contribution in [3.8, 4) is 12.3 Å². The molecule has 0 bridgehead atoms. The fraction of sp³-hybridized carbons (Fsp3) is 0.545. The summed E-state index contributed by atoms with van der Waals surface area (Å²) in [5.74, 6) is 2.09. The largest absolute Gasteiger partial charge is 0.466 e. The molecular weight excluding hydrogens is 222 g/mol. The summed E-state index contributed by atoms with van der Waals surface area (Å²) in [6, 6.07) is -1.58. The van der Waals surface area contributed by atoms with E-state index in [1.54, 1.807) is 13.8 Å². The lowest BCUT2D eigenvalue weighted by Gasteiger charge is -2.26. The predicted octanol–water partition coefficient (Wildman–Crippen LogP) is 0.123. The zero-order valence-electron chi connectivity index (χ0n) is 9.84. The molecule has 0 saturated carbocycles. The number of rotatable bonds is 4. The van der Waals surface area contributed by atoms with E-state index in [4.69, 9.17) is 16.9 Å². The molecule has 0 fully saturated rings. The number of nitrogens with two attached hydrogens (primary N) is 1. The molecule has 0 radical (unpaired) electrons. The molecule has 1 aliphatic rings. The molecule has 2 amide bonds. The lowest BCUT2D eigenvalue weighted by molar-refractivity contribution is -0.143. The van der Waals surface area contributed by atoms with Gasteiger partial charge in [-0.15, -0.1) is 6.42 Å². The maximum absolute atomic E-state index is 11.5. The van der Waals surface area contributed by atoms with Crippen molar-refractivity contribution in [2.45, 2.75) is 32.4 Å². The van der Waals surface area contributed by atoms with Crippen LogP contribution in [0.15, 0.2) is 4.99 Å². The number of amides is 2. The molecule has 92 valence electrons. The molecule has 1 heterocycles. The number of nitrogens with zero attached hydrogens (tertiary/aromatic N) is 2. The van der Waals surface area contributed by atoms with Crippen LogP contribution >= 0.6 is 0 Å². The Morgan fingerprint density at radius 3 is 2.94 bits per heavy atom. The van der Waals surface area contributed by atoms with Gasteiger partial charge in [-0.25, -0.2) is 4.79 Å². The van der Waals surface area contributed by atoms with Gasteiger partial charge in [0.25, 0.3) is 0 Å². The molecule has 0 aromatic rings. The summed E-state index contributed by atoms with van der Waals surface area (Å²) in [6.45, 7) is 3.66. The Hall–Kier alpha value is -2.03. The van der Waals surface area contributed by atoms with Gasteiger partial charge in [-0.1, -0.05) is 5.92 Å². The summed E-state index contributed by atoms with van der Waals surface area (Å²) in [5.41, 5.74) is 5.61. The molecule has 2 unspecified atom stereocenters. The van der Waals surface area contributed by atoms with Crippen molar-refractivity contribution >= 4 is 17.8 Å². The molecular formula is C11H15N3O3. The van der Waals surface area contributed by atoms with Gasteiger partial charge < -0.3 is 10.5 Å². The second-order valence-corrected chi connectivity index (χ2v) is 3.59. The minimum atomic E-state index is -0.604. The molecule has 1 aliphatic heterocycles. The van der Waals surface area contributed by atoms with E-state index < -0.39 is 24.1 Å². The maximum Gasteiger partial charge on any atom is 0.346 e. The van der Waals surface area contributed by atoms with E-state index in [0.717, 1.165) is 0 Å². The molecule has 0 aliphatic carbocycles. The van der Waals surface area contributed by atoms with Crippen molar-refractivity contribution in [1.82, 2.24) is 4.90 Å². The molecule has 0 spiro atoms. The van der Waals surface area contributed by atoms with Crippen molar-refractivity contribution in [3.63, 3.8) is 0 Å². The van der Waals surface area contributed by atoms with Gasteiger partial charge in [0.15, 0.2) is 0 Å². The molecule has 0 aromatic heterocycles. The number of amidine groups is 1. The number of ether oxygens (including phenoxy) is 1. The zero-order chi connectivity index (χ0) is 13.0. The van der Waals surface area contributed by atoms with Crippen LogP contribution in [-0.4, -0.2) is 41.4 Å². The first-order chi connectivity index (χ1) is 8.01. The van der Waals surface area contributed by atoms with Gasteiger partial charge in [0.1, 0.15) is 11.9 Å². The normalized spacial score (nSPS) is 20.8. The van der Waals surface area contributed by atoms with Crippen molar-refractivity contribution < 1.29 is 14.3 Å². The van der Waals surface area contributed by atoms with Crippen molar-refractivity contribution in [1.29, 1.82) is 0 Å². The van der Waals surface area contributed by atoms with E-state index >= 15 is 0 Å². The molecule has 1 rings (SSSR count). The Morgan fingerprint density at radius 1 is 1.76 bits per heavy atom. The fourth-order valence-electron chi connectivity index (χ4n) is 1.62. The highest BCUT2D eigenvalue weighted by atomic mass is 16.5. The lowest BCUT2D eigenvalue weighted by atomic mass is 10.1. The standard InChI is InChI=1S/C11H15N3O3/c1-4-7(3)14-8(6-9(15)17-5-2)10(12)13-11(14)16/h1,7-8H,5-6H2,2-3H3,(H2,12,13,16). The molecule has 2 N–H and O–H groups in total. The summed E-state index contributed by atoms with van der Waals surface area (Å²) in [5, 5.41) is 0. The summed E-state index contributed by atoms with van der Waals surface area (Å²) < 4.78 is 4.81. The van der Waals surface area contributed by atoms with E-state index in [0.29, 0.717) is 0 Å². The van der Waals surface area contributed by atoms with Gasteiger partial charge in [0, 0.05) is 0 Å². The van der Waals surface area contributed by atoms with Gasteiger partial charge in [-0.3, -0.25) is 9.69 Å². The SMILES string of the molecule is C#CC(C)N1C(=O)N=C(N)C1CC(=O)OCC. The fourth-order valence-corrected chi connectivity index (χ4v) is 1.62. The summed E-state index contributed by atoms with van der Waals surface area (Å²) >= 11 is 0. The summed E-state index contributed by atoms with van der Waals surface area (Å²) in [4.78, 5) is 27.9. The lowest BCUT2D eigenvalue weighted by Crippen LogP contribution is -2.46. The number of terminal acetylenes is 1. The molecule has 6 nitrogen and oxygen atoms in total. The van der Waals surface area contributed by atoms with Gasteiger partial charge in [0.05, 0.1) is 19.1 Å². The minimum absolute atomic E-state index is 0.0269. The molecule has 17 heavy (non-hydrogen) atoms. The highest BCUT2D eigenvalue weighted by Gasteiger charge is 2.37. The number of esters is 1. The number of aliphatic imine (C=N–C) groups is 1. The van der Waals surface area contributed by atoms with Crippen molar-refractivity contribution in [2.75, 3.05) is 6.61 Å². The van der Waals surface area contributed by atoms with Crippen LogP contribution in [0.2, 0.25) is 0 Å². The van der Waals surface area contributed by atoms with Crippen LogP contribution in [0.3, 0.4) is 0 Å². The van der Waals surface area contributed by atoms with Crippen LogP contribution in [0.25, 0.3) is 0 Å². The van der Waals surface area contributed by atoms with Crippen LogP contribution in [0.5, 0.6) is 0 Å². The number of hydrogen-bond acceptors (Lipinski definition) is 4. The third-order valence-electron chi connectivity index (χ3n) is 2.45. The second-order valence-electron chi connectivity index (χ2n) is 3.59. The highest BCUT2D eigenvalue weighted by molar-refractivity contribution is 6.04. The molecule has 2 atom stereocenters. The van der Waals surface area contributed by atoms with E-state index in [1.807, 2.05) is 0 Å². The minimum Gasteiger partial charge on any atom is -0.466 e. The number of carbonyl (C=O) groups excluding carboxylic acids is 2. The monoisotopic (exact) mass is 237 g/mol. The Balaban J connectivity index is 2.80. The maximum atomic E-state index is 11.5. The quantitative estimate of drug-likeness (QED) is 0.556. The van der Waals surface area contributed by atoms with E-state index in [1.165, 1.54) is 4.90 Å². The third kappa shape index (κ3) is 2.75. The first-order valence-corrected chi connectivity index (χ1v) is 5.29. The zero-order valence-corrected chi connectivity index (χ0v) is 9.84. The average Bonchev–Trinajstić information content (AvgIpc) is 2.53. The van der Waals surface area contributed by atoms with Crippen molar-refractivity contribution in [2.24, 2.45) is 10.7 Å². The number of hydrogen-bond donors (Lipinski definition) is 1. The first-order valence-electron chi connectivity index (χ1n) is 5.29. The summed E-state index contributed by atoms with van der Waals surface area (Å²) in [6.07, 6.45) is 5.23. The van der Waals surface area contributed by atoms with Crippen LogP contribution in [-0.2, 0) is 9.53 Å². The Kier molecular flexibility index (Phi) is 4.10. The topological polar surface area (TPSA) is 85.0 Å². The molecule has 6 heteroatoms. The Morgan fingerprint density at radius 2 is 2.41 bits per heavy atom. The average molecular weight is 237 g/mol. The smallest absolute Gasteiger partial charge is 0.346 e. The van der Waals surface area contributed by atoms with Crippen LogP contribution < -0.4 is 5.73 Å². The van der Waals surface area contributed by atoms with Crippen molar-refractivity contribution in [3.05, 3.63) is 0 Å². The second kappa shape index (κ2) is 5.34. The predicted molar refractivity (Wildman–Crippen MR) is 62.2 cm³/mol. The Bertz CT molecular complexity index is 397. The molecule has 0 saturated heterocycles. The van der Waals surface area contributed by atoms with Gasteiger partial charge in [-0.05, 0) is 13.8 Å². The van der Waals surface area contributed by atoms with Gasteiger partial charge in [-0.2, -0.15) is 4.99 Å². The van der Waals surface area contributed by atoms with Crippen LogP contribution in [0.4, 0.5) is 4.79 Å². The Labute approximate surface area is 99.8 Å². The van der Waals surface area contributed by atoms with Gasteiger partial charge in [0.2, 0.25) is 0 Å². The molecule has 0 aromatic carbocycles. The van der Waals surface area contributed by atoms with Gasteiger partial charge >= 0.3 is 12.0 Å². The first kappa shape index (κ1) is 13.0.